The van der Waals surface area contributed by atoms with Crippen molar-refractivity contribution in [3.05, 3.63) is 29.6 Å². The normalized spacial score (nSPS) is 10.2. The Balaban J connectivity index is 2.39. The number of hydrogen-bond donors (Lipinski definition) is 1. The summed E-state index contributed by atoms with van der Waals surface area (Å²) in [5, 5.41) is 8.66. The summed E-state index contributed by atoms with van der Waals surface area (Å²) in [7, 11) is 0. The minimum atomic E-state index is -0.965. The first kappa shape index (κ1) is 11.7. The van der Waals surface area contributed by atoms with Crippen LogP contribution in [-0.2, 0) is 6.42 Å². The van der Waals surface area contributed by atoms with Gasteiger partial charge in [-0.2, -0.15) is 0 Å². The van der Waals surface area contributed by atoms with E-state index in [9.17, 15) is 4.79 Å². The number of nitrogens with zero attached hydrogens (tertiary/aromatic N) is 1. The smallest absolute Gasteiger partial charge is 0.354 e. The number of aromatic carboxylic acids is 1. The molecule has 1 N–H and O–H groups in total. The van der Waals surface area contributed by atoms with Crippen molar-refractivity contribution in [3.63, 3.8) is 0 Å². The van der Waals surface area contributed by atoms with E-state index in [2.05, 4.69) is 11.9 Å². The predicted octanol–water partition coefficient (Wildman–Crippen LogP) is 2.90. The minimum absolute atomic E-state index is 0.118. The number of hydrogen-bond acceptors (Lipinski definition) is 2. The van der Waals surface area contributed by atoms with Gasteiger partial charge in [0.1, 0.15) is 5.69 Å². The van der Waals surface area contributed by atoms with Gasteiger partial charge in [0.15, 0.2) is 0 Å². The lowest BCUT2D eigenvalue weighted by Crippen LogP contribution is -2.00. The zero-order valence-electron chi connectivity index (χ0n) is 9.07. The Morgan fingerprint density at radius 2 is 2.13 bits per heavy atom. The number of unbranched alkanes of at least 4 members (excludes halogenated alkanes) is 3. The second kappa shape index (κ2) is 6.17. The van der Waals surface area contributed by atoms with Gasteiger partial charge in [0.05, 0.1) is 0 Å². The fourth-order valence-electron chi connectivity index (χ4n) is 1.45. The summed E-state index contributed by atoms with van der Waals surface area (Å²) in [6.45, 7) is 2.18. The van der Waals surface area contributed by atoms with Crippen molar-refractivity contribution in [1.29, 1.82) is 0 Å². The van der Waals surface area contributed by atoms with Crippen molar-refractivity contribution in [1.82, 2.24) is 4.98 Å². The van der Waals surface area contributed by atoms with Crippen molar-refractivity contribution in [3.8, 4) is 0 Å². The van der Waals surface area contributed by atoms with Gasteiger partial charge in [-0.25, -0.2) is 9.78 Å². The van der Waals surface area contributed by atoms with Crippen LogP contribution in [0.2, 0.25) is 0 Å². The highest BCUT2D eigenvalue weighted by Crippen LogP contribution is 2.07. The summed E-state index contributed by atoms with van der Waals surface area (Å²) < 4.78 is 0. The Hall–Kier alpha value is -1.38. The third-order valence-electron chi connectivity index (χ3n) is 2.36. The molecule has 0 saturated carbocycles. The number of aromatic nitrogens is 1. The minimum Gasteiger partial charge on any atom is -0.477 e. The van der Waals surface area contributed by atoms with Crippen LogP contribution in [-0.4, -0.2) is 16.1 Å². The zero-order valence-corrected chi connectivity index (χ0v) is 9.07. The summed E-state index contributed by atoms with van der Waals surface area (Å²) >= 11 is 0. The molecule has 0 amide bonds. The van der Waals surface area contributed by atoms with Crippen molar-refractivity contribution in [2.75, 3.05) is 0 Å². The molecule has 0 saturated heterocycles. The largest absolute Gasteiger partial charge is 0.477 e. The Labute approximate surface area is 90.2 Å². The number of rotatable bonds is 6. The predicted molar refractivity (Wildman–Crippen MR) is 59.0 cm³/mol. The molecule has 1 aromatic rings. The Kier molecular flexibility index (Phi) is 4.81. The second-order valence-electron chi connectivity index (χ2n) is 3.67. The molecule has 0 aliphatic heterocycles. The second-order valence-corrected chi connectivity index (χ2v) is 3.67. The van der Waals surface area contributed by atoms with Gasteiger partial charge >= 0.3 is 5.97 Å². The Morgan fingerprint density at radius 1 is 1.33 bits per heavy atom. The average molecular weight is 207 g/mol. The molecule has 0 unspecified atom stereocenters. The Morgan fingerprint density at radius 3 is 2.67 bits per heavy atom. The van der Waals surface area contributed by atoms with Crippen molar-refractivity contribution in [2.45, 2.75) is 39.0 Å². The molecule has 3 nitrogen and oxygen atoms in total. The molecule has 0 aliphatic carbocycles. The molecule has 15 heavy (non-hydrogen) atoms. The van der Waals surface area contributed by atoms with E-state index >= 15 is 0 Å². The van der Waals surface area contributed by atoms with Crippen LogP contribution in [0.5, 0.6) is 0 Å². The van der Waals surface area contributed by atoms with E-state index in [4.69, 9.17) is 5.11 Å². The van der Waals surface area contributed by atoms with E-state index in [1.54, 1.807) is 12.3 Å². The van der Waals surface area contributed by atoms with Crippen LogP contribution in [0.4, 0.5) is 0 Å². The van der Waals surface area contributed by atoms with Gasteiger partial charge < -0.3 is 5.11 Å². The molecule has 0 radical (unpaired) electrons. The molecule has 0 bridgehead atoms. The maximum atomic E-state index is 10.5. The average Bonchev–Trinajstić information content (AvgIpc) is 2.25. The summed E-state index contributed by atoms with van der Waals surface area (Å²) in [6, 6.07) is 3.42. The molecular formula is C12H17NO2. The lowest BCUT2D eigenvalue weighted by Gasteiger charge is -2.00. The lowest BCUT2D eigenvalue weighted by atomic mass is 10.1. The third kappa shape index (κ3) is 4.11. The molecule has 82 valence electrons. The molecule has 1 aromatic heterocycles. The van der Waals surface area contributed by atoms with Gasteiger partial charge in [0.25, 0.3) is 0 Å². The first-order valence-corrected chi connectivity index (χ1v) is 5.42. The quantitative estimate of drug-likeness (QED) is 0.730. The first-order chi connectivity index (χ1) is 7.24. The van der Waals surface area contributed by atoms with Crippen LogP contribution >= 0.6 is 0 Å². The third-order valence-corrected chi connectivity index (χ3v) is 2.36. The van der Waals surface area contributed by atoms with E-state index in [1.165, 1.54) is 19.3 Å². The van der Waals surface area contributed by atoms with Crippen LogP contribution in [0.3, 0.4) is 0 Å². The topological polar surface area (TPSA) is 50.2 Å². The lowest BCUT2D eigenvalue weighted by molar-refractivity contribution is 0.0690. The molecule has 0 aliphatic rings. The van der Waals surface area contributed by atoms with Gasteiger partial charge in [-0.15, -0.1) is 0 Å². The molecular weight excluding hydrogens is 190 g/mol. The summed E-state index contributed by atoms with van der Waals surface area (Å²) in [5.74, 6) is -0.965. The maximum Gasteiger partial charge on any atom is 0.354 e. The molecule has 0 spiro atoms. The summed E-state index contributed by atoms with van der Waals surface area (Å²) in [4.78, 5) is 14.4. The highest BCUT2D eigenvalue weighted by atomic mass is 16.4. The van der Waals surface area contributed by atoms with Crippen molar-refractivity contribution in [2.24, 2.45) is 0 Å². The van der Waals surface area contributed by atoms with Crippen LogP contribution < -0.4 is 0 Å². The number of pyridine rings is 1. The fraction of sp³-hybridized carbons (Fsp3) is 0.500. The van der Waals surface area contributed by atoms with E-state index in [0.717, 1.165) is 18.4 Å². The van der Waals surface area contributed by atoms with Crippen LogP contribution in [0.1, 0.15) is 48.7 Å². The van der Waals surface area contributed by atoms with E-state index in [0.29, 0.717) is 0 Å². The SMILES string of the molecule is CCCCCCc1ccc(C(=O)O)nc1. The molecule has 0 aromatic carbocycles. The zero-order chi connectivity index (χ0) is 11.1. The van der Waals surface area contributed by atoms with Gasteiger partial charge in [-0.05, 0) is 24.5 Å². The maximum absolute atomic E-state index is 10.5. The number of carboxylic acid groups (broad SMARTS) is 1. The van der Waals surface area contributed by atoms with E-state index in [1.807, 2.05) is 6.07 Å². The van der Waals surface area contributed by atoms with E-state index in [-0.39, 0.29) is 5.69 Å². The van der Waals surface area contributed by atoms with Crippen LogP contribution in [0.15, 0.2) is 18.3 Å². The summed E-state index contributed by atoms with van der Waals surface area (Å²) in [6.07, 6.45) is 7.54. The van der Waals surface area contributed by atoms with Crippen molar-refractivity contribution >= 4 is 5.97 Å². The fourth-order valence-corrected chi connectivity index (χ4v) is 1.45. The molecule has 0 fully saturated rings. The van der Waals surface area contributed by atoms with Gasteiger partial charge in [-0.1, -0.05) is 32.3 Å². The summed E-state index contributed by atoms with van der Waals surface area (Å²) in [5.41, 5.74) is 1.24. The molecule has 1 heterocycles. The molecule has 3 heteroatoms. The van der Waals surface area contributed by atoms with Gasteiger partial charge in [-0.3, -0.25) is 0 Å². The van der Waals surface area contributed by atoms with Crippen LogP contribution in [0.25, 0.3) is 0 Å². The van der Waals surface area contributed by atoms with E-state index < -0.39 is 5.97 Å². The first-order valence-electron chi connectivity index (χ1n) is 5.42. The van der Waals surface area contributed by atoms with Gasteiger partial charge in [0, 0.05) is 6.20 Å². The monoisotopic (exact) mass is 207 g/mol. The highest BCUT2D eigenvalue weighted by molar-refractivity contribution is 5.85. The van der Waals surface area contributed by atoms with Crippen LogP contribution in [0, 0.1) is 0 Å². The highest BCUT2D eigenvalue weighted by Gasteiger charge is 2.02. The number of carboxylic acids is 1. The van der Waals surface area contributed by atoms with Crippen molar-refractivity contribution < 1.29 is 9.90 Å². The number of aryl methyl sites for hydroxylation is 1. The number of carbonyl (C=O) groups is 1. The Bertz CT molecular complexity index is 306. The standard InChI is InChI=1S/C12H17NO2/c1-2-3-4-5-6-10-7-8-11(12(14)15)13-9-10/h7-9H,2-6H2,1H3,(H,14,15). The molecule has 0 atom stereocenters. The molecule has 1 rings (SSSR count). The van der Waals surface area contributed by atoms with Gasteiger partial charge in [0.2, 0.25) is 0 Å².